The zero-order valence-electron chi connectivity index (χ0n) is 28.1. The number of aromatic carboxylic acids is 1. The van der Waals surface area contributed by atoms with E-state index in [-0.39, 0.29) is 24.3 Å². The predicted molar refractivity (Wildman–Crippen MR) is 185 cm³/mol. The molecule has 52 heavy (non-hydrogen) atoms. The summed E-state index contributed by atoms with van der Waals surface area (Å²) in [4.78, 5) is 27.5. The third-order valence-corrected chi connectivity index (χ3v) is 9.54. The molecular formula is C38H34F4N6O4. The lowest BCUT2D eigenvalue weighted by Crippen LogP contribution is -2.23. The van der Waals surface area contributed by atoms with E-state index in [2.05, 4.69) is 10.2 Å². The van der Waals surface area contributed by atoms with E-state index in [0.29, 0.717) is 40.7 Å². The van der Waals surface area contributed by atoms with Crippen molar-refractivity contribution < 1.29 is 37.0 Å². The van der Waals surface area contributed by atoms with Crippen LogP contribution >= 0.6 is 0 Å². The summed E-state index contributed by atoms with van der Waals surface area (Å²) in [5, 5.41) is 17.5. The molecule has 2 saturated heterocycles. The van der Waals surface area contributed by atoms with Gasteiger partial charge in [-0.3, -0.25) is 0 Å². The number of carboxylic acid groups (broad SMARTS) is 1. The van der Waals surface area contributed by atoms with Crippen LogP contribution in [-0.4, -0.2) is 56.0 Å². The minimum Gasteiger partial charge on any atom is -0.478 e. The molecule has 0 bridgehead atoms. The van der Waals surface area contributed by atoms with E-state index in [4.69, 9.17) is 4.74 Å². The molecule has 1 N–H and O–H groups in total. The summed E-state index contributed by atoms with van der Waals surface area (Å²) in [5.41, 5.74) is 3.85. The Kier molecular flexibility index (Phi) is 9.54. The Hall–Kier alpha value is -5.92. The van der Waals surface area contributed by atoms with Crippen LogP contribution in [-0.2, 0) is 4.74 Å². The largest absolute Gasteiger partial charge is 0.478 e. The van der Waals surface area contributed by atoms with Crippen LogP contribution in [0.15, 0.2) is 85.5 Å². The molecule has 2 aliphatic heterocycles. The fraction of sp³-hybridized carbons (Fsp3) is 0.263. The Balaban J connectivity index is 0.000000162. The highest BCUT2D eigenvalue weighted by atomic mass is 19.1. The number of carbonyl (C=O) groups excluding carboxylic acids is 1. The summed E-state index contributed by atoms with van der Waals surface area (Å²) < 4.78 is 63.9. The highest BCUT2D eigenvalue weighted by Gasteiger charge is 2.31. The maximum atomic E-state index is 14.3. The lowest BCUT2D eigenvalue weighted by Gasteiger charge is -2.27. The van der Waals surface area contributed by atoms with Crippen molar-refractivity contribution in [3.8, 4) is 0 Å². The lowest BCUT2D eigenvalue weighted by molar-refractivity contribution is 0.0528. The van der Waals surface area contributed by atoms with Gasteiger partial charge >= 0.3 is 11.9 Å². The van der Waals surface area contributed by atoms with Crippen molar-refractivity contribution >= 4 is 34.3 Å². The Labute approximate surface area is 295 Å². The summed E-state index contributed by atoms with van der Waals surface area (Å²) in [7, 11) is 0. The van der Waals surface area contributed by atoms with Crippen LogP contribution in [0, 0.1) is 23.3 Å². The van der Waals surface area contributed by atoms with Gasteiger partial charge in [-0.25, -0.2) is 36.2 Å². The van der Waals surface area contributed by atoms with Gasteiger partial charge < -0.3 is 19.6 Å². The Morgan fingerprint density at radius 3 is 1.69 bits per heavy atom. The van der Waals surface area contributed by atoms with E-state index in [1.165, 1.54) is 35.1 Å². The first kappa shape index (κ1) is 34.5. The van der Waals surface area contributed by atoms with Crippen molar-refractivity contribution in [2.24, 2.45) is 0 Å². The second kappa shape index (κ2) is 14.4. The summed E-state index contributed by atoms with van der Waals surface area (Å²) in [5.74, 6) is -3.25. The van der Waals surface area contributed by atoms with Crippen molar-refractivity contribution in [3.63, 3.8) is 0 Å². The molecule has 0 saturated carbocycles. The molecule has 2 aliphatic rings. The molecule has 0 amide bonds. The number of esters is 1. The molecule has 0 spiro atoms. The molecule has 14 heteroatoms. The zero-order valence-corrected chi connectivity index (χ0v) is 28.1. The van der Waals surface area contributed by atoms with Crippen molar-refractivity contribution in [2.75, 3.05) is 29.5 Å². The Morgan fingerprint density at radius 2 is 1.21 bits per heavy atom. The van der Waals surface area contributed by atoms with Gasteiger partial charge in [0.1, 0.15) is 34.4 Å². The quantitative estimate of drug-likeness (QED) is 0.132. The van der Waals surface area contributed by atoms with Crippen LogP contribution in [0.2, 0.25) is 0 Å². The molecule has 10 nitrogen and oxygen atoms in total. The minimum atomic E-state index is -1.05. The van der Waals surface area contributed by atoms with E-state index in [1.54, 1.807) is 36.0 Å². The molecule has 6 aromatic rings. The zero-order chi connectivity index (χ0) is 36.5. The number of benzene rings is 2. The van der Waals surface area contributed by atoms with Crippen LogP contribution in [0.5, 0.6) is 0 Å². The van der Waals surface area contributed by atoms with E-state index in [1.807, 2.05) is 21.9 Å². The van der Waals surface area contributed by atoms with E-state index in [0.717, 1.165) is 55.4 Å². The third kappa shape index (κ3) is 6.63. The van der Waals surface area contributed by atoms with Gasteiger partial charge in [0.2, 0.25) is 0 Å². The molecule has 0 radical (unpaired) electrons. The smallest absolute Gasteiger partial charge is 0.341 e. The molecule has 8 rings (SSSR count). The van der Waals surface area contributed by atoms with Crippen LogP contribution in [0.25, 0.3) is 11.0 Å². The number of carbonyl (C=O) groups is 2. The SMILES string of the molecule is CCOC(=O)c1cnn2ccc(N3CCCC3c3cc(F)ccc3F)cc12.O=C(O)c1cnn2ccc(N3CCCC3c3cc(F)ccc3F)cc12. The van der Waals surface area contributed by atoms with Gasteiger partial charge in [0, 0.05) is 48.0 Å². The third-order valence-electron chi connectivity index (χ3n) is 9.54. The van der Waals surface area contributed by atoms with Crippen LogP contribution in [0.4, 0.5) is 28.9 Å². The number of halogens is 4. The number of carboxylic acids is 1. The van der Waals surface area contributed by atoms with Gasteiger partial charge in [-0.2, -0.15) is 10.2 Å². The number of pyridine rings is 2. The number of anilines is 2. The number of ether oxygens (including phenoxy) is 1. The summed E-state index contributed by atoms with van der Waals surface area (Å²) in [6.45, 7) is 3.44. The lowest BCUT2D eigenvalue weighted by atomic mass is 10.0. The Bertz CT molecular complexity index is 2290. The van der Waals surface area contributed by atoms with E-state index >= 15 is 0 Å². The van der Waals surface area contributed by atoms with Gasteiger partial charge in [-0.15, -0.1) is 0 Å². The number of hydrogen-bond acceptors (Lipinski definition) is 7. The number of rotatable bonds is 7. The molecule has 2 aromatic carbocycles. The van der Waals surface area contributed by atoms with Crippen LogP contribution in [0.3, 0.4) is 0 Å². The number of aromatic nitrogens is 4. The first-order valence-electron chi connectivity index (χ1n) is 16.9. The molecule has 2 atom stereocenters. The molecule has 2 fully saturated rings. The normalized spacial score (nSPS) is 17.1. The van der Waals surface area contributed by atoms with Gasteiger partial charge in [0.25, 0.3) is 0 Å². The van der Waals surface area contributed by atoms with Crippen molar-refractivity contribution in [3.05, 3.63) is 131 Å². The number of fused-ring (bicyclic) bond motifs is 2. The van der Waals surface area contributed by atoms with Gasteiger partial charge in [0.15, 0.2) is 0 Å². The predicted octanol–water partition coefficient (Wildman–Crippen LogP) is 7.78. The van der Waals surface area contributed by atoms with E-state index < -0.39 is 35.2 Å². The molecule has 2 unspecified atom stereocenters. The molecule has 268 valence electrons. The monoisotopic (exact) mass is 714 g/mol. The topological polar surface area (TPSA) is 105 Å². The number of nitrogens with zero attached hydrogens (tertiary/aromatic N) is 6. The molecule has 0 aliphatic carbocycles. The fourth-order valence-electron chi connectivity index (χ4n) is 7.17. The van der Waals surface area contributed by atoms with Gasteiger partial charge in [0.05, 0.1) is 42.1 Å². The standard InChI is InChI=1S/C20H19F2N3O2.C18H15F2N3O2/c1-2-27-20(26)16-12-23-25-9-7-14(11-19(16)25)24-8-3-4-18(24)15-10-13(21)5-6-17(15)22;19-11-3-4-15(20)13(8-11)16-2-1-6-22(16)12-5-7-23-17(9-12)14(10-21-23)18(24)25/h5-7,9-12,18H,2-4,8H2,1H3;3-5,7-10,16H,1-2,6H2,(H,24,25). The second-order valence-corrected chi connectivity index (χ2v) is 12.6. The molecular weight excluding hydrogens is 680 g/mol. The van der Waals surface area contributed by atoms with Crippen molar-refractivity contribution in [2.45, 2.75) is 44.7 Å². The Morgan fingerprint density at radius 1 is 0.731 bits per heavy atom. The van der Waals surface area contributed by atoms with Crippen LogP contribution < -0.4 is 9.80 Å². The van der Waals surface area contributed by atoms with E-state index in [9.17, 15) is 32.3 Å². The summed E-state index contributed by atoms with van der Waals surface area (Å²) in [6.07, 6.45) is 9.36. The molecule has 4 aromatic heterocycles. The summed E-state index contributed by atoms with van der Waals surface area (Å²) >= 11 is 0. The highest BCUT2D eigenvalue weighted by Crippen LogP contribution is 2.39. The average Bonchev–Trinajstić information content (AvgIpc) is 3.96. The van der Waals surface area contributed by atoms with Gasteiger partial charge in [-0.05, 0) is 93.3 Å². The average molecular weight is 715 g/mol. The maximum absolute atomic E-state index is 14.3. The van der Waals surface area contributed by atoms with Gasteiger partial charge in [-0.1, -0.05) is 0 Å². The summed E-state index contributed by atoms with van der Waals surface area (Å²) in [6, 6.07) is 13.7. The first-order chi connectivity index (χ1) is 25.1. The minimum absolute atomic E-state index is 0.106. The highest BCUT2D eigenvalue weighted by molar-refractivity contribution is 5.97. The fourth-order valence-corrected chi connectivity index (χ4v) is 7.17. The maximum Gasteiger partial charge on any atom is 0.341 e. The van der Waals surface area contributed by atoms with Crippen molar-refractivity contribution in [1.82, 2.24) is 19.2 Å². The van der Waals surface area contributed by atoms with Crippen LogP contribution in [0.1, 0.15) is 76.5 Å². The second-order valence-electron chi connectivity index (χ2n) is 12.6. The first-order valence-corrected chi connectivity index (χ1v) is 16.9. The van der Waals surface area contributed by atoms with Crippen molar-refractivity contribution in [1.29, 1.82) is 0 Å². The number of hydrogen-bond donors (Lipinski definition) is 1. The molecule has 6 heterocycles.